The third-order valence-corrected chi connectivity index (χ3v) is 8.93. The number of ether oxygens (including phenoxy) is 1. The van der Waals surface area contributed by atoms with E-state index in [1.165, 1.54) is 15.3 Å². The monoisotopic (exact) mass is 650 g/mol. The Labute approximate surface area is 270 Å². The van der Waals surface area contributed by atoms with Gasteiger partial charge in [0.2, 0.25) is 5.91 Å². The van der Waals surface area contributed by atoms with E-state index >= 15 is 0 Å². The molecule has 5 atom stereocenters. The molecule has 0 aromatic carbocycles. The van der Waals surface area contributed by atoms with Crippen LogP contribution in [0, 0.1) is 24.2 Å². The fourth-order valence-electron chi connectivity index (χ4n) is 5.09. The Bertz CT molecular complexity index is 1220. The van der Waals surface area contributed by atoms with Gasteiger partial charge in [0, 0.05) is 24.8 Å². The van der Waals surface area contributed by atoms with Crippen LogP contribution in [-0.2, 0) is 19.2 Å². The Kier molecular flexibility index (Phi) is 13.8. The van der Waals surface area contributed by atoms with Gasteiger partial charge in [-0.2, -0.15) is 0 Å². The molecule has 12 nitrogen and oxygen atoms in total. The molecule has 2 heterocycles. The molecule has 0 radical (unpaired) electrons. The lowest BCUT2D eigenvalue weighted by Crippen LogP contribution is -2.62. The number of amides is 3. The van der Waals surface area contributed by atoms with Gasteiger partial charge in [-0.1, -0.05) is 34.1 Å². The largest absolute Gasteiger partial charge is 0.476 e. The first-order valence-electron chi connectivity index (χ1n) is 15.5. The van der Waals surface area contributed by atoms with Crippen molar-refractivity contribution < 1.29 is 39.0 Å². The molecule has 0 aliphatic carbocycles. The van der Waals surface area contributed by atoms with Gasteiger partial charge in [-0.3, -0.25) is 19.3 Å². The number of thiazole rings is 1. The second kappa shape index (κ2) is 16.4. The van der Waals surface area contributed by atoms with Crippen LogP contribution in [0.25, 0.3) is 0 Å². The number of nitrogens with one attached hydrogen (secondary N) is 1. The van der Waals surface area contributed by atoms with E-state index < -0.39 is 53.2 Å². The number of unbranched alkanes of at least 4 members (excludes halogenated alkanes) is 1. The number of likely N-dealkylation sites (tertiary alicyclic amines) is 1. The molecule has 252 valence electrons. The van der Waals surface area contributed by atoms with Crippen LogP contribution in [0.5, 0.6) is 0 Å². The third-order valence-electron chi connectivity index (χ3n) is 7.98. The van der Waals surface area contributed by atoms with Gasteiger partial charge >= 0.3 is 12.1 Å². The second-order valence-corrected chi connectivity index (χ2v) is 14.0. The number of carboxylic acid groups (broad SMARTS) is 1. The average molecular weight is 651 g/mol. The van der Waals surface area contributed by atoms with Crippen molar-refractivity contribution in [3.63, 3.8) is 0 Å². The maximum absolute atomic E-state index is 14.4. The quantitative estimate of drug-likeness (QED) is 0.138. The van der Waals surface area contributed by atoms with E-state index in [0.717, 1.165) is 11.3 Å². The topological polar surface area (TPSA) is 159 Å². The maximum Gasteiger partial charge on any atom is 0.411 e. The SMILES string of the molecule is C#CCCCON(C(=O)[C@@H](NC(=O)[C@@]1(C)CCCN1C(=O)OC(C)(C)C)[C@@H](C)CC)[C@H](C[C@@H](O)c1nc(C(=O)O)cs1)C(C)C. The number of aromatic carboxylic acids is 1. The zero-order chi connectivity index (χ0) is 34.1. The van der Waals surface area contributed by atoms with Crippen molar-refractivity contribution in [1.29, 1.82) is 0 Å². The highest BCUT2D eigenvalue weighted by Gasteiger charge is 2.49. The smallest absolute Gasteiger partial charge is 0.411 e. The van der Waals surface area contributed by atoms with E-state index in [2.05, 4.69) is 16.2 Å². The minimum atomic E-state index is -1.23. The fraction of sp³-hybridized carbons (Fsp3) is 0.719. The van der Waals surface area contributed by atoms with E-state index in [-0.39, 0.29) is 35.6 Å². The summed E-state index contributed by atoms with van der Waals surface area (Å²) >= 11 is 1.02. The van der Waals surface area contributed by atoms with Crippen molar-refractivity contribution in [2.45, 2.75) is 123 Å². The number of hydrogen-bond acceptors (Lipinski definition) is 9. The Balaban J connectivity index is 2.41. The van der Waals surface area contributed by atoms with E-state index in [0.29, 0.717) is 38.6 Å². The minimum Gasteiger partial charge on any atom is -0.476 e. The molecule has 1 saturated heterocycles. The first kappa shape index (κ1) is 38.0. The number of rotatable bonds is 15. The number of terminal acetylenes is 1. The fourth-order valence-corrected chi connectivity index (χ4v) is 5.88. The van der Waals surface area contributed by atoms with Crippen molar-refractivity contribution in [1.82, 2.24) is 20.3 Å². The van der Waals surface area contributed by atoms with Gasteiger partial charge in [-0.25, -0.2) is 19.6 Å². The van der Waals surface area contributed by atoms with Crippen molar-refractivity contribution in [2.75, 3.05) is 13.2 Å². The number of aromatic nitrogens is 1. The number of carbonyl (C=O) groups excluding carboxylic acids is 3. The van der Waals surface area contributed by atoms with Crippen LogP contribution in [0.1, 0.15) is 116 Å². The Morgan fingerprint density at radius 2 is 1.93 bits per heavy atom. The summed E-state index contributed by atoms with van der Waals surface area (Å²) in [4.78, 5) is 64.2. The zero-order valence-corrected chi connectivity index (χ0v) is 28.6. The van der Waals surface area contributed by atoms with Crippen LogP contribution in [0.2, 0.25) is 0 Å². The molecule has 1 fully saturated rings. The summed E-state index contributed by atoms with van der Waals surface area (Å²) in [5, 5.41) is 26.1. The molecule has 45 heavy (non-hydrogen) atoms. The number of nitrogens with zero attached hydrogens (tertiary/aromatic N) is 3. The number of aliphatic hydroxyl groups excluding tert-OH is 1. The van der Waals surface area contributed by atoms with Crippen LogP contribution in [-0.4, -0.2) is 85.4 Å². The van der Waals surface area contributed by atoms with E-state index in [1.54, 1.807) is 27.7 Å². The number of hydroxylamine groups is 2. The molecule has 1 aromatic rings. The number of carboxylic acids is 1. The Morgan fingerprint density at radius 1 is 1.27 bits per heavy atom. The third kappa shape index (κ3) is 10.1. The summed E-state index contributed by atoms with van der Waals surface area (Å²) < 4.78 is 5.57. The summed E-state index contributed by atoms with van der Waals surface area (Å²) in [6, 6.07) is -1.68. The van der Waals surface area contributed by atoms with Crippen molar-refractivity contribution in [2.24, 2.45) is 11.8 Å². The summed E-state index contributed by atoms with van der Waals surface area (Å²) in [5.41, 5.74) is -2.14. The minimum absolute atomic E-state index is 0.0103. The summed E-state index contributed by atoms with van der Waals surface area (Å²) in [6.07, 6.45) is 6.13. The lowest BCUT2D eigenvalue weighted by molar-refractivity contribution is -0.212. The highest BCUT2D eigenvalue weighted by atomic mass is 32.1. The maximum atomic E-state index is 14.4. The van der Waals surface area contributed by atoms with Crippen LogP contribution in [0.15, 0.2) is 5.38 Å². The van der Waals surface area contributed by atoms with Gasteiger partial charge in [-0.15, -0.1) is 23.7 Å². The lowest BCUT2D eigenvalue weighted by Gasteiger charge is -2.39. The first-order valence-corrected chi connectivity index (χ1v) is 16.4. The highest BCUT2D eigenvalue weighted by Crippen LogP contribution is 2.33. The molecule has 0 bridgehead atoms. The van der Waals surface area contributed by atoms with Gasteiger partial charge in [0.05, 0.1) is 12.6 Å². The van der Waals surface area contributed by atoms with Crippen LogP contribution in [0.3, 0.4) is 0 Å². The summed E-state index contributed by atoms with van der Waals surface area (Å²) in [6.45, 7) is 14.9. The van der Waals surface area contributed by atoms with Gasteiger partial charge in [0.15, 0.2) is 5.69 Å². The van der Waals surface area contributed by atoms with Crippen molar-refractivity contribution in [3.8, 4) is 12.3 Å². The van der Waals surface area contributed by atoms with Crippen molar-refractivity contribution in [3.05, 3.63) is 16.1 Å². The molecule has 1 aromatic heterocycles. The molecule has 3 amide bonds. The van der Waals surface area contributed by atoms with Crippen LogP contribution >= 0.6 is 11.3 Å². The number of carbonyl (C=O) groups is 4. The molecule has 0 saturated carbocycles. The van der Waals surface area contributed by atoms with Crippen LogP contribution in [0.4, 0.5) is 4.79 Å². The van der Waals surface area contributed by atoms with E-state index in [9.17, 15) is 29.4 Å². The van der Waals surface area contributed by atoms with Gasteiger partial charge in [0.25, 0.3) is 5.91 Å². The molecular formula is C32H50N4O8S. The highest BCUT2D eigenvalue weighted by molar-refractivity contribution is 7.09. The molecule has 3 N–H and O–H groups in total. The predicted molar refractivity (Wildman–Crippen MR) is 170 cm³/mol. The molecule has 0 spiro atoms. The van der Waals surface area contributed by atoms with Gasteiger partial charge in [-0.05, 0) is 58.8 Å². The number of hydrogen-bond donors (Lipinski definition) is 3. The average Bonchev–Trinajstić information content (AvgIpc) is 3.61. The normalized spacial score (nSPS) is 19.4. The Morgan fingerprint density at radius 3 is 2.47 bits per heavy atom. The van der Waals surface area contributed by atoms with E-state index in [4.69, 9.17) is 16.0 Å². The molecule has 2 rings (SSSR count). The first-order chi connectivity index (χ1) is 21.0. The molecule has 13 heteroatoms. The lowest BCUT2D eigenvalue weighted by atomic mass is 9.92. The summed E-state index contributed by atoms with van der Waals surface area (Å²) in [5.74, 6) is -0.145. The summed E-state index contributed by atoms with van der Waals surface area (Å²) in [7, 11) is 0. The molecule has 0 unspecified atom stereocenters. The molecule has 1 aliphatic rings. The molecular weight excluding hydrogens is 600 g/mol. The zero-order valence-electron chi connectivity index (χ0n) is 27.8. The van der Waals surface area contributed by atoms with Gasteiger partial charge in [0.1, 0.15) is 28.3 Å². The standard InChI is InChI=1S/C32H50N4O8S/c1-10-12-13-17-43-36(23(20(3)4)18-24(37)26-33-22(19-45-26)28(39)40)27(38)25(21(5)11-2)34-29(41)32(9)15-14-16-35(32)30(42)44-31(6,7)8/h1,19-21,23-25,37H,11-18H2,2-9H3,(H,34,41)(H,39,40)/t21-,23+,24+,25-,32+/m0/s1. The van der Waals surface area contributed by atoms with Crippen molar-refractivity contribution >= 4 is 35.2 Å². The van der Waals surface area contributed by atoms with Gasteiger partial charge < -0.3 is 20.3 Å². The predicted octanol–water partition coefficient (Wildman–Crippen LogP) is 4.78. The Hall–Kier alpha value is -3.21. The molecule has 1 aliphatic heterocycles. The number of aliphatic hydroxyl groups is 1. The second-order valence-electron chi connectivity index (χ2n) is 13.1. The van der Waals surface area contributed by atoms with Crippen LogP contribution < -0.4 is 5.32 Å². The van der Waals surface area contributed by atoms with E-state index in [1.807, 2.05) is 27.7 Å².